The third kappa shape index (κ3) is 4.55. The maximum atomic E-state index is 12.6. The van der Waals surface area contributed by atoms with E-state index in [1.807, 2.05) is 13.0 Å². The number of hydrogen-bond acceptors (Lipinski definition) is 5. The Hall–Kier alpha value is -3.13. The molecule has 0 aliphatic carbocycles. The molecule has 0 atom stereocenters. The van der Waals surface area contributed by atoms with Crippen LogP contribution in [0.4, 0.5) is 5.69 Å². The van der Waals surface area contributed by atoms with Gasteiger partial charge in [-0.2, -0.15) is 0 Å². The summed E-state index contributed by atoms with van der Waals surface area (Å²) in [5, 5.41) is 6.80. The van der Waals surface area contributed by atoms with E-state index in [1.165, 1.54) is 7.11 Å². The van der Waals surface area contributed by atoms with Crippen LogP contribution in [0.1, 0.15) is 15.9 Å². The van der Waals surface area contributed by atoms with E-state index in [-0.39, 0.29) is 11.0 Å². The number of hydrogen-bond donors (Lipinski definition) is 2. The van der Waals surface area contributed by atoms with Crippen molar-refractivity contribution in [3.63, 3.8) is 0 Å². The molecule has 1 heterocycles. The summed E-state index contributed by atoms with van der Waals surface area (Å²) in [6, 6.07) is 15.7. The zero-order valence-corrected chi connectivity index (χ0v) is 19.4. The zero-order valence-electron chi connectivity index (χ0n) is 17.0. The second-order valence-corrected chi connectivity index (χ2v) is 8.14. The molecule has 4 aromatic rings. The van der Waals surface area contributed by atoms with Crippen LogP contribution in [0.3, 0.4) is 0 Å². The minimum atomic E-state index is -0.372. The Labute approximate surface area is 199 Å². The summed E-state index contributed by atoms with van der Waals surface area (Å²) >= 11 is 17.6. The second-order valence-electron chi connectivity index (χ2n) is 6.89. The van der Waals surface area contributed by atoms with Crippen molar-refractivity contribution in [2.75, 3.05) is 12.4 Å². The van der Waals surface area contributed by atoms with Crippen molar-refractivity contribution < 1.29 is 13.9 Å². The zero-order chi connectivity index (χ0) is 22.8. The van der Waals surface area contributed by atoms with Crippen LogP contribution in [-0.4, -0.2) is 23.1 Å². The van der Waals surface area contributed by atoms with Gasteiger partial charge in [-0.3, -0.25) is 10.1 Å². The highest BCUT2D eigenvalue weighted by molar-refractivity contribution is 7.80. The molecular weight excluding hydrogens is 469 g/mol. The van der Waals surface area contributed by atoms with E-state index < -0.39 is 0 Å². The van der Waals surface area contributed by atoms with Crippen molar-refractivity contribution in [2.24, 2.45) is 0 Å². The molecule has 0 fully saturated rings. The average Bonchev–Trinajstić information content (AvgIpc) is 3.18. The summed E-state index contributed by atoms with van der Waals surface area (Å²) in [6.07, 6.45) is 0. The highest BCUT2D eigenvalue weighted by atomic mass is 35.5. The number of nitrogens with zero attached hydrogens (tertiary/aromatic N) is 1. The number of oxazole rings is 1. The van der Waals surface area contributed by atoms with Gasteiger partial charge in [0.2, 0.25) is 5.89 Å². The van der Waals surface area contributed by atoms with Crippen LogP contribution in [0.5, 0.6) is 5.75 Å². The van der Waals surface area contributed by atoms with Gasteiger partial charge in [0.05, 0.1) is 23.3 Å². The molecule has 162 valence electrons. The van der Waals surface area contributed by atoms with E-state index in [4.69, 9.17) is 44.6 Å². The number of halogens is 2. The van der Waals surface area contributed by atoms with Gasteiger partial charge in [0.1, 0.15) is 11.3 Å². The molecule has 0 aliphatic rings. The van der Waals surface area contributed by atoms with Crippen molar-refractivity contribution >= 4 is 63.2 Å². The summed E-state index contributed by atoms with van der Waals surface area (Å²) in [4.78, 5) is 17.1. The maximum Gasteiger partial charge on any atom is 0.261 e. The third-order valence-corrected chi connectivity index (χ3v) is 5.46. The molecule has 4 rings (SSSR count). The van der Waals surface area contributed by atoms with Gasteiger partial charge in [0.15, 0.2) is 10.7 Å². The Morgan fingerprint density at radius 1 is 1.12 bits per heavy atom. The number of thiocarbonyl (C=S) groups is 1. The van der Waals surface area contributed by atoms with E-state index >= 15 is 0 Å². The number of ether oxygens (including phenoxy) is 1. The SMILES string of the molecule is COc1c(C)cccc1C(=O)NC(=S)Nc1ccc2oc(-c3cc(Cl)ccc3Cl)nc2c1. The lowest BCUT2D eigenvalue weighted by Crippen LogP contribution is -2.34. The van der Waals surface area contributed by atoms with Gasteiger partial charge in [-0.05, 0) is 67.2 Å². The van der Waals surface area contributed by atoms with Crippen LogP contribution in [0.15, 0.2) is 59.0 Å². The molecule has 0 aliphatic heterocycles. The molecule has 1 aromatic heterocycles. The van der Waals surface area contributed by atoms with Crippen LogP contribution in [0, 0.1) is 6.92 Å². The first-order chi connectivity index (χ1) is 15.4. The van der Waals surface area contributed by atoms with Gasteiger partial charge in [0, 0.05) is 10.7 Å². The third-order valence-electron chi connectivity index (χ3n) is 4.69. The minimum absolute atomic E-state index is 0.138. The number of amides is 1. The maximum absolute atomic E-state index is 12.6. The molecule has 0 saturated heterocycles. The molecule has 0 spiro atoms. The van der Waals surface area contributed by atoms with Crippen LogP contribution < -0.4 is 15.4 Å². The van der Waals surface area contributed by atoms with Gasteiger partial charge in [-0.15, -0.1) is 0 Å². The number of nitrogens with one attached hydrogen (secondary N) is 2. The number of methoxy groups -OCH3 is 1. The number of benzene rings is 3. The lowest BCUT2D eigenvalue weighted by atomic mass is 10.1. The van der Waals surface area contributed by atoms with Crippen LogP contribution in [0.2, 0.25) is 10.0 Å². The van der Waals surface area contributed by atoms with Gasteiger partial charge < -0.3 is 14.5 Å². The lowest BCUT2D eigenvalue weighted by molar-refractivity contribution is 0.0974. The minimum Gasteiger partial charge on any atom is -0.496 e. The van der Waals surface area contributed by atoms with Crippen LogP contribution in [-0.2, 0) is 0 Å². The van der Waals surface area contributed by atoms with Crippen molar-refractivity contribution in [3.05, 3.63) is 75.8 Å². The first kappa shape index (κ1) is 22.1. The van der Waals surface area contributed by atoms with E-state index in [0.29, 0.717) is 49.6 Å². The molecule has 1 amide bonds. The largest absolute Gasteiger partial charge is 0.496 e. The number of aromatic nitrogens is 1. The molecule has 0 unspecified atom stereocenters. The predicted molar refractivity (Wildman–Crippen MR) is 131 cm³/mol. The number of anilines is 1. The predicted octanol–water partition coefficient (Wildman–Crippen LogP) is 6.25. The molecular formula is C23H17Cl2N3O3S. The molecule has 9 heteroatoms. The highest BCUT2D eigenvalue weighted by Crippen LogP contribution is 2.32. The fraction of sp³-hybridized carbons (Fsp3) is 0.0870. The lowest BCUT2D eigenvalue weighted by Gasteiger charge is -2.13. The van der Waals surface area contributed by atoms with Crippen LogP contribution in [0.25, 0.3) is 22.6 Å². The number of rotatable bonds is 4. The van der Waals surface area contributed by atoms with E-state index in [2.05, 4.69) is 15.6 Å². The first-order valence-corrected chi connectivity index (χ1v) is 10.6. The Morgan fingerprint density at radius 2 is 1.94 bits per heavy atom. The first-order valence-electron chi connectivity index (χ1n) is 9.47. The topological polar surface area (TPSA) is 76.4 Å². The van der Waals surface area contributed by atoms with E-state index in [1.54, 1.807) is 48.5 Å². The van der Waals surface area contributed by atoms with E-state index in [0.717, 1.165) is 5.56 Å². The van der Waals surface area contributed by atoms with Gasteiger partial charge >= 0.3 is 0 Å². The van der Waals surface area contributed by atoms with Crippen molar-refractivity contribution in [1.82, 2.24) is 10.3 Å². The monoisotopic (exact) mass is 485 g/mol. The van der Waals surface area contributed by atoms with E-state index in [9.17, 15) is 4.79 Å². The van der Waals surface area contributed by atoms with Gasteiger partial charge in [0.25, 0.3) is 5.91 Å². The summed E-state index contributed by atoms with van der Waals surface area (Å²) in [6.45, 7) is 1.87. The molecule has 0 saturated carbocycles. The second kappa shape index (κ2) is 9.16. The summed E-state index contributed by atoms with van der Waals surface area (Å²) < 4.78 is 11.1. The normalized spacial score (nSPS) is 10.8. The molecule has 6 nitrogen and oxygen atoms in total. The highest BCUT2D eigenvalue weighted by Gasteiger charge is 2.16. The Bertz CT molecular complexity index is 1350. The fourth-order valence-electron chi connectivity index (χ4n) is 3.22. The fourth-order valence-corrected chi connectivity index (χ4v) is 3.80. The molecule has 0 radical (unpaired) electrons. The Kier molecular flexibility index (Phi) is 6.32. The molecule has 32 heavy (non-hydrogen) atoms. The average molecular weight is 486 g/mol. The summed E-state index contributed by atoms with van der Waals surface area (Å²) in [5.41, 5.74) is 3.64. The molecule has 0 bridgehead atoms. The number of aryl methyl sites for hydroxylation is 1. The van der Waals surface area contributed by atoms with Crippen LogP contribution >= 0.6 is 35.4 Å². The Morgan fingerprint density at radius 3 is 2.72 bits per heavy atom. The van der Waals surface area contributed by atoms with Crippen molar-refractivity contribution in [3.8, 4) is 17.2 Å². The number of carbonyl (C=O) groups is 1. The van der Waals surface area contributed by atoms with Gasteiger partial charge in [-0.25, -0.2) is 4.98 Å². The van der Waals surface area contributed by atoms with Gasteiger partial charge in [-0.1, -0.05) is 35.3 Å². The smallest absolute Gasteiger partial charge is 0.261 e. The molecule has 2 N–H and O–H groups in total. The molecule has 3 aromatic carbocycles. The van der Waals surface area contributed by atoms with Crippen molar-refractivity contribution in [2.45, 2.75) is 6.92 Å². The summed E-state index contributed by atoms with van der Waals surface area (Å²) in [5.74, 6) is 0.486. The number of fused-ring (bicyclic) bond motifs is 1. The standard InChI is InChI=1S/C23H17Cl2N3O3S/c1-12-4-3-5-15(20(12)30-2)21(29)28-23(32)26-14-7-9-19-18(11-14)27-22(31-19)16-10-13(24)6-8-17(16)25/h3-11H,1-2H3,(H2,26,28,29,32). The number of carbonyl (C=O) groups excluding carboxylic acids is 1. The number of para-hydroxylation sites is 1. The Balaban J connectivity index is 1.52. The quantitative estimate of drug-likeness (QED) is 0.333. The van der Waals surface area contributed by atoms with Crippen molar-refractivity contribution in [1.29, 1.82) is 0 Å². The summed E-state index contributed by atoms with van der Waals surface area (Å²) in [7, 11) is 1.52.